The lowest BCUT2D eigenvalue weighted by Gasteiger charge is -2.13. The minimum Gasteiger partial charge on any atom is -0.342 e. The smallest absolute Gasteiger partial charge is 0.241 e. The molecule has 0 aromatic rings. The fraction of sp³-hybridized carbons (Fsp3) is 0.833. The average Bonchev–Trinajstić information content (AvgIpc) is 2.32. The van der Waals surface area contributed by atoms with Gasteiger partial charge >= 0.3 is 0 Å². The maximum atomic E-state index is 11.1. The molecule has 0 spiro atoms. The van der Waals surface area contributed by atoms with Crippen LogP contribution in [-0.4, -0.2) is 38.1 Å². The van der Waals surface area contributed by atoms with Crippen molar-refractivity contribution in [1.29, 1.82) is 0 Å². The first-order valence-corrected chi connectivity index (χ1v) is 6.17. The normalized spacial score (nSPS) is 18.2. The molecule has 0 unspecified atom stereocenters. The summed E-state index contributed by atoms with van der Waals surface area (Å²) in [5, 5.41) is 0. The Labute approximate surface area is 75.9 Å². The minimum absolute atomic E-state index is 0.387. The molecule has 4 nitrogen and oxygen atoms in total. The van der Waals surface area contributed by atoms with Crippen LogP contribution in [0.2, 0.25) is 0 Å². The Balaban J connectivity index is 2.48. The summed E-state index contributed by atoms with van der Waals surface area (Å²) >= 11 is 0. The zero-order valence-electron chi connectivity index (χ0n) is 6.49. The van der Waals surface area contributed by atoms with Gasteiger partial charge in [0.15, 0.2) is 0 Å². The molecule has 12 heavy (non-hydrogen) atoms. The summed E-state index contributed by atoms with van der Waals surface area (Å²) in [6.45, 7) is 1.32. The number of nitrogens with zero attached hydrogens (tertiary/aromatic N) is 1. The summed E-state index contributed by atoms with van der Waals surface area (Å²) in [5.74, 6) is -0.961. The van der Waals surface area contributed by atoms with Crippen LogP contribution in [0.1, 0.15) is 12.8 Å². The topological polar surface area (TPSA) is 54.5 Å². The second kappa shape index (κ2) is 3.62. The molecule has 1 rings (SSSR count). The molecule has 70 valence electrons. The van der Waals surface area contributed by atoms with Gasteiger partial charge in [0.1, 0.15) is 5.75 Å². The number of carbonyl (C=O) groups is 1. The van der Waals surface area contributed by atoms with Crippen molar-refractivity contribution in [2.45, 2.75) is 12.8 Å². The maximum absolute atomic E-state index is 11.1. The fourth-order valence-electron chi connectivity index (χ4n) is 1.21. The van der Waals surface area contributed by atoms with Crippen LogP contribution in [0.4, 0.5) is 0 Å². The van der Waals surface area contributed by atoms with Crippen LogP contribution in [0.15, 0.2) is 0 Å². The number of likely N-dealkylation sites (tertiary alicyclic amines) is 1. The molecule has 1 aliphatic heterocycles. The predicted molar refractivity (Wildman–Crippen MR) is 45.5 cm³/mol. The van der Waals surface area contributed by atoms with E-state index in [0.29, 0.717) is 13.1 Å². The van der Waals surface area contributed by atoms with Crippen LogP contribution in [-0.2, 0) is 13.8 Å². The van der Waals surface area contributed by atoms with Crippen molar-refractivity contribution < 1.29 is 13.2 Å². The first-order chi connectivity index (χ1) is 5.49. The summed E-state index contributed by atoms with van der Waals surface area (Å²) in [7, 11) is 1.25. The molecule has 0 atom stereocenters. The largest absolute Gasteiger partial charge is 0.342 e. The van der Waals surface area contributed by atoms with Crippen LogP contribution >= 0.6 is 10.7 Å². The van der Waals surface area contributed by atoms with Gasteiger partial charge < -0.3 is 4.90 Å². The Hall–Kier alpha value is -0.290. The second-order valence-electron chi connectivity index (χ2n) is 2.77. The highest BCUT2D eigenvalue weighted by Crippen LogP contribution is 2.09. The molecule has 0 bridgehead atoms. The van der Waals surface area contributed by atoms with Gasteiger partial charge in [0.25, 0.3) is 0 Å². The van der Waals surface area contributed by atoms with Crippen molar-refractivity contribution >= 4 is 25.6 Å². The van der Waals surface area contributed by atoms with Crippen molar-refractivity contribution in [3.8, 4) is 0 Å². The van der Waals surface area contributed by atoms with Crippen LogP contribution in [0.5, 0.6) is 0 Å². The molecule has 1 saturated heterocycles. The van der Waals surface area contributed by atoms with Gasteiger partial charge in [-0.3, -0.25) is 4.79 Å². The molecule has 1 aliphatic rings. The number of amides is 1. The first-order valence-electron chi connectivity index (χ1n) is 3.69. The molecule has 0 N–H and O–H groups in total. The Morgan fingerprint density at radius 2 is 1.83 bits per heavy atom. The molecular formula is C6H10ClNO3S. The van der Waals surface area contributed by atoms with Crippen LogP contribution in [0, 0.1) is 0 Å². The average molecular weight is 212 g/mol. The van der Waals surface area contributed by atoms with Crippen LogP contribution in [0.25, 0.3) is 0 Å². The Bertz CT molecular complexity index is 269. The Morgan fingerprint density at radius 1 is 1.33 bits per heavy atom. The van der Waals surface area contributed by atoms with E-state index in [4.69, 9.17) is 10.7 Å². The van der Waals surface area contributed by atoms with Gasteiger partial charge in [-0.05, 0) is 12.8 Å². The molecule has 6 heteroatoms. The van der Waals surface area contributed by atoms with Crippen LogP contribution in [0.3, 0.4) is 0 Å². The molecule has 1 fully saturated rings. The number of hydrogen-bond donors (Lipinski definition) is 0. The van der Waals surface area contributed by atoms with E-state index >= 15 is 0 Å². The van der Waals surface area contributed by atoms with Crippen molar-refractivity contribution in [3.63, 3.8) is 0 Å². The quantitative estimate of drug-likeness (QED) is 0.613. The highest BCUT2D eigenvalue weighted by atomic mass is 35.7. The highest BCUT2D eigenvalue weighted by molar-refractivity contribution is 8.14. The number of carbonyl (C=O) groups excluding carboxylic acids is 1. The SMILES string of the molecule is O=C(CS(=O)(=O)Cl)N1CCCC1. The van der Waals surface area contributed by atoms with Crippen molar-refractivity contribution in [2.75, 3.05) is 18.8 Å². The molecule has 0 aromatic carbocycles. The summed E-state index contributed by atoms with van der Waals surface area (Å²) in [5.41, 5.74) is 0. The van der Waals surface area contributed by atoms with E-state index in [1.165, 1.54) is 4.90 Å². The zero-order chi connectivity index (χ0) is 9.19. The summed E-state index contributed by atoms with van der Waals surface area (Å²) < 4.78 is 21.0. The summed E-state index contributed by atoms with van der Waals surface area (Å²) in [6, 6.07) is 0. The molecule has 0 aromatic heterocycles. The van der Waals surface area contributed by atoms with Gasteiger partial charge in [0.05, 0.1) is 0 Å². The lowest BCUT2D eigenvalue weighted by molar-refractivity contribution is -0.127. The highest BCUT2D eigenvalue weighted by Gasteiger charge is 2.22. The third-order valence-corrected chi connectivity index (χ3v) is 2.67. The lowest BCUT2D eigenvalue weighted by atomic mass is 10.4. The fourth-order valence-corrected chi connectivity index (χ4v) is 1.96. The van der Waals surface area contributed by atoms with Gasteiger partial charge in [-0.1, -0.05) is 0 Å². The van der Waals surface area contributed by atoms with Gasteiger partial charge in [-0.25, -0.2) is 8.42 Å². The molecule has 1 amide bonds. The van der Waals surface area contributed by atoms with Gasteiger partial charge in [-0.2, -0.15) is 0 Å². The van der Waals surface area contributed by atoms with Crippen molar-refractivity contribution in [3.05, 3.63) is 0 Å². The molecule has 0 radical (unpaired) electrons. The number of halogens is 1. The van der Waals surface area contributed by atoms with Crippen molar-refractivity contribution in [1.82, 2.24) is 4.90 Å². The zero-order valence-corrected chi connectivity index (χ0v) is 8.07. The van der Waals surface area contributed by atoms with Gasteiger partial charge in [0, 0.05) is 23.8 Å². The molecular weight excluding hydrogens is 202 g/mol. The molecule has 0 saturated carbocycles. The predicted octanol–water partition coefficient (Wildman–Crippen LogP) is 0.177. The van der Waals surface area contributed by atoms with Crippen molar-refractivity contribution in [2.24, 2.45) is 0 Å². The van der Waals surface area contributed by atoms with E-state index in [1.54, 1.807) is 0 Å². The maximum Gasteiger partial charge on any atom is 0.241 e. The van der Waals surface area contributed by atoms with E-state index in [1.807, 2.05) is 0 Å². The summed E-state index contributed by atoms with van der Waals surface area (Å²) in [4.78, 5) is 12.7. The van der Waals surface area contributed by atoms with Gasteiger partial charge in [-0.15, -0.1) is 0 Å². The molecule has 0 aliphatic carbocycles. The monoisotopic (exact) mass is 211 g/mol. The standard InChI is InChI=1S/C6H10ClNO3S/c7-12(10,11)5-6(9)8-3-1-2-4-8/h1-5H2. The van der Waals surface area contributed by atoms with E-state index in [9.17, 15) is 13.2 Å². The Kier molecular flexibility index (Phi) is 2.95. The minimum atomic E-state index is -3.68. The molecule has 1 heterocycles. The van der Waals surface area contributed by atoms with E-state index in [0.717, 1.165) is 12.8 Å². The summed E-state index contributed by atoms with van der Waals surface area (Å²) in [6.07, 6.45) is 1.90. The van der Waals surface area contributed by atoms with Crippen LogP contribution < -0.4 is 0 Å². The number of hydrogen-bond acceptors (Lipinski definition) is 3. The lowest BCUT2D eigenvalue weighted by Crippen LogP contribution is -2.32. The third-order valence-electron chi connectivity index (χ3n) is 1.75. The van der Waals surface area contributed by atoms with Gasteiger partial charge in [0.2, 0.25) is 15.0 Å². The van der Waals surface area contributed by atoms with E-state index < -0.39 is 14.8 Å². The third kappa shape index (κ3) is 2.98. The number of rotatable bonds is 2. The van der Waals surface area contributed by atoms with E-state index in [2.05, 4.69) is 0 Å². The first kappa shape index (κ1) is 9.80. The Morgan fingerprint density at radius 3 is 2.25 bits per heavy atom. The second-order valence-corrected chi connectivity index (χ2v) is 5.55. The van der Waals surface area contributed by atoms with E-state index in [-0.39, 0.29) is 5.91 Å².